The summed E-state index contributed by atoms with van der Waals surface area (Å²) < 4.78 is 1.65. The second-order valence-corrected chi connectivity index (χ2v) is 2.36. The minimum atomic E-state index is 0.111. The van der Waals surface area contributed by atoms with Gasteiger partial charge in [-0.25, -0.2) is 4.98 Å². The van der Waals surface area contributed by atoms with Crippen molar-refractivity contribution in [2.24, 2.45) is 0 Å². The normalized spacial score (nSPS) is 9.67. The molecule has 3 N–H and O–H groups in total. The summed E-state index contributed by atoms with van der Waals surface area (Å²) in [5.41, 5.74) is 5.79. The van der Waals surface area contributed by atoms with E-state index in [-0.39, 0.29) is 12.3 Å². The molecule has 0 radical (unpaired) electrons. The molecule has 0 atom stereocenters. The topological polar surface area (TPSA) is 87.9 Å². The molecule has 12 heavy (non-hydrogen) atoms. The summed E-state index contributed by atoms with van der Waals surface area (Å²) in [6.45, 7) is 0.705. The van der Waals surface area contributed by atoms with E-state index in [0.29, 0.717) is 18.8 Å². The van der Waals surface area contributed by atoms with Crippen molar-refractivity contribution in [3.63, 3.8) is 0 Å². The fourth-order valence-corrected chi connectivity index (χ4v) is 0.897. The number of imidazole rings is 1. The molecule has 5 heteroatoms. The fraction of sp³-hybridized carbons (Fsp3) is 0.429. The van der Waals surface area contributed by atoms with Crippen LogP contribution in [0.3, 0.4) is 0 Å². The molecule has 0 saturated heterocycles. The molecule has 0 saturated carbocycles. The van der Waals surface area contributed by atoms with Crippen LogP contribution in [-0.2, 0) is 6.54 Å². The van der Waals surface area contributed by atoms with Gasteiger partial charge >= 0.3 is 0 Å². The molecule has 0 amide bonds. The summed E-state index contributed by atoms with van der Waals surface area (Å²) in [5, 5.41) is 17.0. The number of nitrogens with zero attached hydrogens (tertiary/aromatic N) is 3. The van der Waals surface area contributed by atoms with E-state index >= 15 is 0 Å². The van der Waals surface area contributed by atoms with Gasteiger partial charge in [-0.15, -0.1) is 0 Å². The number of nitrogen functional groups attached to an aromatic ring is 1. The van der Waals surface area contributed by atoms with Crippen LogP contribution in [0.2, 0.25) is 0 Å². The summed E-state index contributed by atoms with van der Waals surface area (Å²) in [6, 6.07) is 1.87. The minimum Gasteiger partial charge on any atom is -0.396 e. The predicted molar refractivity (Wildman–Crippen MR) is 43.1 cm³/mol. The van der Waals surface area contributed by atoms with Gasteiger partial charge in [-0.1, -0.05) is 0 Å². The zero-order valence-corrected chi connectivity index (χ0v) is 6.56. The molecule has 1 aromatic heterocycles. The molecular weight excluding hydrogens is 156 g/mol. The smallest absolute Gasteiger partial charge is 0.182 e. The van der Waals surface area contributed by atoms with Crippen LogP contribution in [0.1, 0.15) is 12.1 Å². The van der Waals surface area contributed by atoms with Crippen molar-refractivity contribution in [2.75, 3.05) is 12.3 Å². The van der Waals surface area contributed by atoms with Crippen LogP contribution >= 0.6 is 0 Å². The first kappa shape index (κ1) is 8.56. The van der Waals surface area contributed by atoms with Crippen molar-refractivity contribution < 1.29 is 5.11 Å². The summed E-state index contributed by atoms with van der Waals surface area (Å²) in [5.74, 6) is 0.367. The van der Waals surface area contributed by atoms with Gasteiger partial charge in [0.25, 0.3) is 0 Å². The average Bonchev–Trinajstić information content (AvgIpc) is 2.43. The molecule has 1 heterocycles. The van der Waals surface area contributed by atoms with Gasteiger partial charge in [0.15, 0.2) is 5.69 Å². The van der Waals surface area contributed by atoms with Gasteiger partial charge in [0.1, 0.15) is 11.9 Å². The van der Waals surface area contributed by atoms with E-state index in [9.17, 15) is 0 Å². The molecule has 0 spiro atoms. The van der Waals surface area contributed by atoms with Crippen molar-refractivity contribution >= 4 is 5.82 Å². The zero-order valence-electron chi connectivity index (χ0n) is 6.56. The largest absolute Gasteiger partial charge is 0.396 e. The number of aromatic nitrogens is 2. The quantitative estimate of drug-likeness (QED) is 0.646. The van der Waals surface area contributed by atoms with E-state index in [1.807, 2.05) is 6.07 Å². The Bertz CT molecular complexity index is 299. The molecule has 1 aromatic rings. The van der Waals surface area contributed by atoms with Crippen molar-refractivity contribution in [1.29, 1.82) is 5.26 Å². The lowest BCUT2D eigenvalue weighted by Gasteiger charge is -2.01. The Hall–Kier alpha value is -1.54. The maximum atomic E-state index is 8.54. The third-order valence-corrected chi connectivity index (χ3v) is 1.54. The molecule has 0 aliphatic carbocycles. The lowest BCUT2D eigenvalue weighted by Crippen LogP contribution is -2.03. The number of aliphatic hydroxyl groups is 1. The highest BCUT2D eigenvalue weighted by atomic mass is 16.3. The fourth-order valence-electron chi connectivity index (χ4n) is 0.897. The van der Waals surface area contributed by atoms with E-state index in [1.54, 1.807) is 4.57 Å². The van der Waals surface area contributed by atoms with E-state index in [2.05, 4.69) is 4.98 Å². The lowest BCUT2D eigenvalue weighted by molar-refractivity contribution is 0.280. The Morgan fingerprint density at radius 3 is 3.00 bits per heavy atom. The van der Waals surface area contributed by atoms with E-state index < -0.39 is 0 Å². The molecular formula is C7H10N4O. The molecule has 0 aromatic carbocycles. The highest BCUT2D eigenvalue weighted by Gasteiger charge is 2.04. The number of aryl methyl sites for hydroxylation is 1. The highest BCUT2D eigenvalue weighted by Crippen LogP contribution is 2.08. The van der Waals surface area contributed by atoms with Crippen LogP contribution < -0.4 is 5.73 Å². The maximum absolute atomic E-state index is 8.54. The zero-order chi connectivity index (χ0) is 8.97. The maximum Gasteiger partial charge on any atom is 0.182 e. The van der Waals surface area contributed by atoms with Gasteiger partial charge in [0.05, 0.1) is 6.33 Å². The Balaban J connectivity index is 2.75. The van der Waals surface area contributed by atoms with Crippen LogP contribution in [0.4, 0.5) is 5.82 Å². The number of nitrogens with two attached hydrogens (primary N) is 1. The summed E-state index contributed by atoms with van der Waals surface area (Å²) in [4.78, 5) is 3.78. The van der Waals surface area contributed by atoms with Gasteiger partial charge < -0.3 is 15.4 Å². The molecule has 0 fully saturated rings. The van der Waals surface area contributed by atoms with Gasteiger partial charge in [-0.2, -0.15) is 5.26 Å². The number of aliphatic hydroxyl groups excluding tert-OH is 1. The van der Waals surface area contributed by atoms with E-state index in [1.165, 1.54) is 6.33 Å². The number of hydrogen-bond acceptors (Lipinski definition) is 4. The van der Waals surface area contributed by atoms with Crippen molar-refractivity contribution in [3.8, 4) is 6.07 Å². The average molecular weight is 166 g/mol. The van der Waals surface area contributed by atoms with Crippen LogP contribution in [0.5, 0.6) is 0 Å². The van der Waals surface area contributed by atoms with Gasteiger partial charge in [0, 0.05) is 13.2 Å². The standard InChI is InChI=1S/C7H10N4O/c8-4-6-7(9)11(5-10-6)2-1-3-12/h5,12H,1-3,9H2. The van der Waals surface area contributed by atoms with E-state index in [4.69, 9.17) is 16.1 Å². The summed E-state index contributed by atoms with van der Waals surface area (Å²) >= 11 is 0. The molecule has 1 rings (SSSR count). The highest BCUT2D eigenvalue weighted by molar-refractivity contribution is 5.44. The molecule has 64 valence electrons. The van der Waals surface area contributed by atoms with Crippen molar-refractivity contribution in [3.05, 3.63) is 12.0 Å². The van der Waals surface area contributed by atoms with Crippen LogP contribution in [-0.4, -0.2) is 21.3 Å². The number of hydrogen-bond donors (Lipinski definition) is 2. The molecule has 0 aliphatic heterocycles. The predicted octanol–water partition coefficient (Wildman–Crippen LogP) is -0.281. The van der Waals surface area contributed by atoms with E-state index in [0.717, 1.165) is 0 Å². The Morgan fingerprint density at radius 1 is 1.75 bits per heavy atom. The second-order valence-electron chi connectivity index (χ2n) is 2.36. The van der Waals surface area contributed by atoms with Crippen LogP contribution in [0, 0.1) is 11.3 Å². The Kier molecular flexibility index (Phi) is 2.66. The summed E-state index contributed by atoms with van der Waals surface area (Å²) in [7, 11) is 0. The van der Waals surface area contributed by atoms with Gasteiger partial charge in [0.2, 0.25) is 0 Å². The summed E-state index contributed by atoms with van der Waals surface area (Å²) in [6.07, 6.45) is 2.12. The molecule has 0 aliphatic rings. The first-order valence-electron chi connectivity index (χ1n) is 3.61. The second kappa shape index (κ2) is 3.74. The van der Waals surface area contributed by atoms with Crippen LogP contribution in [0.15, 0.2) is 6.33 Å². The Labute approximate surface area is 70.1 Å². The third-order valence-electron chi connectivity index (χ3n) is 1.54. The minimum absolute atomic E-state index is 0.111. The lowest BCUT2D eigenvalue weighted by atomic mass is 10.4. The number of anilines is 1. The molecule has 0 bridgehead atoms. The molecule has 5 nitrogen and oxygen atoms in total. The van der Waals surface area contributed by atoms with Crippen molar-refractivity contribution in [2.45, 2.75) is 13.0 Å². The number of nitriles is 1. The van der Waals surface area contributed by atoms with Crippen LogP contribution in [0.25, 0.3) is 0 Å². The Morgan fingerprint density at radius 2 is 2.50 bits per heavy atom. The van der Waals surface area contributed by atoms with Gasteiger partial charge in [-0.05, 0) is 6.42 Å². The monoisotopic (exact) mass is 166 g/mol. The SMILES string of the molecule is N#Cc1ncn(CCCO)c1N. The molecule has 0 unspecified atom stereocenters. The third kappa shape index (κ3) is 1.54. The first-order valence-corrected chi connectivity index (χ1v) is 3.61. The number of rotatable bonds is 3. The van der Waals surface area contributed by atoms with Crippen molar-refractivity contribution in [1.82, 2.24) is 9.55 Å². The van der Waals surface area contributed by atoms with Gasteiger partial charge in [-0.3, -0.25) is 0 Å². The first-order chi connectivity index (χ1) is 5.79.